The number of hydrogen-bond acceptors (Lipinski definition) is 4. The van der Waals surface area contributed by atoms with E-state index in [9.17, 15) is 9.18 Å². The van der Waals surface area contributed by atoms with E-state index in [4.69, 9.17) is 10.00 Å². The first-order chi connectivity index (χ1) is 13.7. The molecule has 0 aromatic heterocycles. The van der Waals surface area contributed by atoms with Gasteiger partial charge in [0.15, 0.2) is 5.78 Å². The molecule has 2 saturated heterocycles. The zero-order valence-electron chi connectivity index (χ0n) is 15.7. The van der Waals surface area contributed by atoms with E-state index in [0.717, 1.165) is 19.4 Å². The number of piperidine rings is 1. The number of nitriles is 1. The quantitative estimate of drug-likeness (QED) is 0.744. The van der Waals surface area contributed by atoms with Gasteiger partial charge in [-0.05, 0) is 24.5 Å². The molecular weight excluding hydrogens is 355 g/mol. The average molecular weight is 378 g/mol. The van der Waals surface area contributed by atoms with Crippen LogP contribution < -0.4 is 0 Å². The van der Waals surface area contributed by atoms with Crippen molar-refractivity contribution < 1.29 is 13.9 Å². The van der Waals surface area contributed by atoms with Crippen LogP contribution in [0.4, 0.5) is 4.39 Å². The molecule has 2 atom stereocenters. The van der Waals surface area contributed by atoms with Crippen LogP contribution in [0.2, 0.25) is 0 Å². The Kier molecular flexibility index (Phi) is 5.52. The van der Waals surface area contributed by atoms with E-state index < -0.39 is 5.82 Å². The Morgan fingerprint density at radius 1 is 1.14 bits per heavy atom. The van der Waals surface area contributed by atoms with Crippen LogP contribution in [-0.2, 0) is 17.7 Å². The lowest BCUT2D eigenvalue weighted by atomic mass is 9.80. The molecular formula is C23H23FN2O2. The summed E-state index contributed by atoms with van der Waals surface area (Å²) in [7, 11) is 0. The molecule has 0 amide bonds. The number of carbonyl (C=O) groups is 1. The number of morpholine rings is 1. The maximum Gasteiger partial charge on any atom is 0.166 e. The molecule has 5 heteroatoms. The number of benzene rings is 2. The first-order valence-corrected chi connectivity index (χ1v) is 9.72. The third kappa shape index (κ3) is 3.84. The number of ketones is 1. The van der Waals surface area contributed by atoms with Crippen LogP contribution in [0.5, 0.6) is 0 Å². The second kappa shape index (κ2) is 8.22. The maximum atomic E-state index is 14.2. The van der Waals surface area contributed by atoms with Crippen LogP contribution in [0.25, 0.3) is 0 Å². The molecule has 2 unspecified atom stereocenters. The molecule has 4 nitrogen and oxygen atoms in total. The van der Waals surface area contributed by atoms with Gasteiger partial charge in [-0.1, -0.05) is 42.5 Å². The zero-order chi connectivity index (χ0) is 19.5. The standard InChI is InChI=1S/C23H23FN2O2/c24-22-12-18(7-6-17(22)8-9-25)23(27)19-10-20-14-28-15-21(11-19)26(20)13-16-4-2-1-3-5-16/h1-7,12,19-21H,8,10-11,13-15H2. The van der Waals surface area contributed by atoms with Crippen molar-refractivity contribution >= 4 is 5.78 Å². The predicted molar refractivity (Wildman–Crippen MR) is 103 cm³/mol. The number of halogens is 1. The first-order valence-electron chi connectivity index (χ1n) is 9.72. The van der Waals surface area contributed by atoms with Crippen molar-refractivity contribution in [2.45, 2.75) is 37.9 Å². The summed E-state index contributed by atoms with van der Waals surface area (Å²) in [5.74, 6) is -0.594. The molecule has 0 saturated carbocycles. The SMILES string of the molecule is N#CCc1ccc(C(=O)C2CC3COCC(C2)N3Cc2ccccc2)cc1F. The van der Waals surface area contributed by atoms with Crippen LogP contribution in [0.15, 0.2) is 48.5 Å². The fourth-order valence-electron chi connectivity index (χ4n) is 4.42. The summed E-state index contributed by atoms with van der Waals surface area (Å²) in [6.45, 7) is 2.11. The average Bonchev–Trinajstić information content (AvgIpc) is 2.70. The van der Waals surface area contributed by atoms with Crippen molar-refractivity contribution in [1.29, 1.82) is 5.26 Å². The van der Waals surface area contributed by atoms with Gasteiger partial charge in [0.1, 0.15) is 5.82 Å². The van der Waals surface area contributed by atoms with Gasteiger partial charge in [-0.3, -0.25) is 9.69 Å². The minimum atomic E-state index is -0.475. The van der Waals surface area contributed by atoms with Crippen LogP contribution in [-0.4, -0.2) is 36.0 Å². The van der Waals surface area contributed by atoms with Gasteiger partial charge in [0, 0.05) is 35.7 Å². The minimum Gasteiger partial charge on any atom is -0.378 e. The number of rotatable bonds is 5. The molecule has 2 aliphatic rings. The van der Waals surface area contributed by atoms with Crippen molar-refractivity contribution in [3.05, 3.63) is 71.0 Å². The van der Waals surface area contributed by atoms with Crippen molar-refractivity contribution in [2.24, 2.45) is 5.92 Å². The summed E-state index contributed by atoms with van der Waals surface area (Å²) in [6, 6.07) is 17.2. The van der Waals surface area contributed by atoms with E-state index in [1.807, 2.05) is 24.3 Å². The molecule has 2 heterocycles. The largest absolute Gasteiger partial charge is 0.378 e. The van der Waals surface area contributed by atoms with Gasteiger partial charge in [-0.2, -0.15) is 5.26 Å². The lowest BCUT2D eigenvalue weighted by Crippen LogP contribution is -2.57. The van der Waals surface area contributed by atoms with Crippen molar-refractivity contribution in [1.82, 2.24) is 4.90 Å². The van der Waals surface area contributed by atoms with Gasteiger partial charge in [0.05, 0.1) is 25.7 Å². The maximum absolute atomic E-state index is 14.2. The number of nitrogens with zero attached hydrogens (tertiary/aromatic N) is 2. The normalized spacial score (nSPS) is 24.5. The summed E-state index contributed by atoms with van der Waals surface area (Å²) in [5.41, 5.74) is 2.00. The molecule has 28 heavy (non-hydrogen) atoms. The highest BCUT2D eigenvalue weighted by Gasteiger charge is 2.41. The molecule has 4 rings (SSSR count). The van der Waals surface area contributed by atoms with E-state index in [-0.39, 0.29) is 30.2 Å². The Hall–Kier alpha value is -2.55. The van der Waals surface area contributed by atoms with Crippen LogP contribution in [0.3, 0.4) is 0 Å². The minimum absolute atomic E-state index is 0.00123. The number of Topliss-reactive ketones (excluding diaryl/α,β-unsaturated/α-hetero) is 1. The smallest absolute Gasteiger partial charge is 0.166 e. The molecule has 2 aromatic carbocycles. The molecule has 2 fully saturated rings. The van der Waals surface area contributed by atoms with Crippen molar-refractivity contribution in [2.75, 3.05) is 13.2 Å². The molecule has 2 bridgehead atoms. The topological polar surface area (TPSA) is 53.3 Å². The van der Waals surface area contributed by atoms with Crippen LogP contribution in [0, 0.1) is 23.1 Å². The lowest BCUT2D eigenvalue weighted by molar-refractivity contribution is -0.0872. The Morgan fingerprint density at radius 2 is 1.86 bits per heavy atom. The molecule has 0 aliphatic carbocycles. The Labute approximate surface area is 164 Å². The fraction of sp³-hybridized carbons (Fsp3) is 0.391. The number of ether oxygens (including phenoxy) is 1. The summed E-state index contributed by atoms with van der Waals surface area (Å²) in [6.07, 6.45) is 1.47. The van der Waals surface area contributed by atoms with E-state index in [1.54, 1.807) is 12.1 Å². The van der Waals surface area contributed by atoms with Crippen LogP contribution >= 0.6 is 0 Å². The first kappa shape index (κ1) is 18.8. The number of carbonyl (C=O) groups excluding carboxylic acids is 1. The molecule has 2 aromatic rings. The monoisotopic (exact) mass is 378 g/mol. The molecule has 2 aliphatic heterocycles. The predicted octanol–water partition coefficient (Wildman–Crippen LogP) is 3.75. The summed E-state index contributed by atoms with van der Waals surface area (Å²) >= 11 is 0. The van der Waals surface area contributed by atoms with Gasteiger partial charge in [-0.15, -0.1) is 0 Å². The van der Waals surface area contributed by atoms with Gasteiger partial charge >= 0.3 is 0 Å². The van der Waals surface area contributed by atoms with Gasteiger partial charge < -0.3 is 4.74 Å². The Morgan fingerprint density at radius 3 is 2.50 bits per heavy atom. The van der Waals surface area contributed by atoms with Crippen molar-refractivity contribution in [3.63, 3.8) is 0 Å². The lowest BCUT2D eigenvalue weighted by Gasteiger charge is -2.48. The summed E-state index contributed by atoms with van der Waals surface area (Å²) in [4.78, 5) is 15.5. The van der Waals surface area contributed by atoms with E-state index >= 15 is 0 Å². The Bertz CT molecular complexity index is 879. The second-order valence-electron chi connectivity index (χ2n) is 7.68. The Balaban J connectivity index is 1.48. The van der Waals surface area contributed by atoms with Gasteiger partial charge in [0.2, 0.25) is 0 Å². The highest BCUT2D eigenvalue weighted by atomic mass is 19.1. The zero-order valence-corrected chi connectivity index (χ0v) is 15.7. The van der Waals surface area contributed by atoms with Crippen LogP contribution in [0.1, 0.15) is 34.3 Å². The van der Waals surface area contributed by atoms with Crippen molar-refractivity contribution in [3.8, 4) is 6.07 Å². The summed E-state index contributed by atoms with van der Waals surface area (Å²) < 4.78 is 19.9. The second-order valence-corrected chi connectivity index (χ2v) is 7.68. The van der Waals surface area contributed by atoms with E-state index in [2.05, 4.69) is 17.0 Å². The third-order valence-electron chi connectivity index (χ3n) is 5.86. The third-order valence-corrected chi connectivity index (χ3v) is 5.86. The highest BCUT2D eigenvalue weighted by molar-refractivity contribution is 5.98. The number of fused-ring (bicyclic) bond motifs is 2. The highest BCUT2D eigenvalue weighted by Crippen LogP contribution is 2.34. The summed E-state index contributed by atoms with van der Waals surface area (Å²) in [5, 5.41) is 8.75. The fourth-order valence-corrected chi connectivity index (χ4v) is 4.42. The van der Waals surface area contributed by atoms with E-state index in [0.29, 0.717) is 24.3 Å². The van der Waals surface area contributed by atoms with Gasteiger partial charge in [0.25, 0.3) is 0 Å². The van der Waals surface area contributed by atoms with Gasteiger partial charge in [-0.25, -0.2) is 4.39 Å². The molecule has 0 N–H and O–H groups in total. The number of hydrogen-bond donors (Lipinski definition) is 0. The molecule has 0 radical (unpaired) electrons. The van der Waals surface area contributed by atoms with E-state index in [1.165, 1.54) is 11.6 Å². The molecule has 144 valence electrons. The molecule has 0 spiro atoms.